The third kappa shape index (κ3) is 1.58. The number of nitrogens with zero attached hydrogens (tertiary/aromatic N) is 2. The van der Waals surface area contributed by atoms with Gasteiger partial charge in [-0.05, 0) is 6.07 Å². The van der Waals surface area contributed by atoms with Crippen LogP contribution in [0.2, 0.25) is 0 Å². The summed E-state index contributed by atoms with van der Waals surface area (Å²) in [4.78, 5) is 19.2. The Labute approximate surface area is 111 Å². The first-order valence-electron chi connectivity index (χ1n) is 6.68. The number of aromatic amines is 1. The number of rotatable bonds is 1. The fraction of sp³-hybridized carbons (Fsp3) is 0.357. The van der Waals surface area contributed by atoms with E-state index < -0.39 is 0 Å². The molecule has 0 aliphatic carbocycles. The van der Waals surface area contributed by atoms with E-state index in [0.29, 0.717) is 6.04 Å². The zero-order chi connectivity index (χ0) is 12.8. The van der Waals surface area contributed by atoms with Crippen LogP contribution in [-0.4, -0.2) is 48.1 Å². The van der Waals surface area contributed by atoms with Crippen LogP contribution in [0.15, 0.2) is 30.5 Å². The number of hydrogen-bond acceptors (Lipinski definition) is 2. The van der Waals surface area contributed by atoms with Crippen molar-refractivity contribution in [2.75, 3.05) is 31.1 Å². The molecule has 2 saturated heterocycles. The number of aromatic nitrogens is 1. The highest BCUT2D eigenvalue weighted by atomic mass is 16.2. The molecular formula is C14H16N4O. The van der Waals surface area contributed by atoms with Crippen molar-refractivity contribution in [3.05, 3.63) is 30.5 Å². The van der Waals surface area contributed by atoms with Gasteiger partial charge in [0.1, 0.15) is 0 Å². The second-order valence-electron chi connectivity index (χ2n) is 5.20. The van der Waals surface area contributed by atoms with Crippen molar-refractivity contribution in [3.63, 3.8) is 0 Å². The highest BCUT2D eigenvalue weighted by Crippen LogP contribution is 2.28. The van der Waals surface area contributed by atoms with Gasteiger partial charge in [0.25, 0.3) is 0 Å². The number of carbonyl (C=O) groups excluding carboxylic acids is 1. The monoisotopic (exact) mass is 256 g/mol. The Balaban J connectivity index is 1.65. The Hall–Kier alpha value is -2.17. The molecule has 2 aromatic rings. The molecule has 5 heteroatoms. The van der Waals surface area contributed by atoms with Crippen LogP contribution in [0.5, 0.6) is 0 Å². The Morgan fingerprint density at radius 1 is 1.21 bits per heavy atom. The van der Waals surface area contributed by atoms with Gasteiger partial charge >= 0.3 is 6.03 Å². The van der Waals surface area contributed by atoms with Crippen molar-refractivity contribution >= 4 is 22.6 Å². The summed E-state index contributed by atoms with van der Waals surface area (Å²) in [5.74, 6) is 0. The van der Waals surface area contributed by atoms with Crippen LogP contribution < -0.4 is 10.2 Å². The Morgan fingerprint density at radius 3 is 3.05 bits per heavy atom. The number of urea groups is 1. The third-order valence-electron chi connectivity index (χ3n) is 4.14. The van der Waals surface area contributed by atoms with E-state index in [1.54, 1.807) is 0 Å². The lowest BCUT2D eigenvalue weighted by molar-refractivity contribution is 0.198. The minimum atomic E-state index is 0.0866. The van der Waals surface area contributed by atoms with Crippen molar-refractivity contribution in [1.82, 2.24) is 15.2 Å². The average Bonchev–Trinajstić information content (AvgIpc) is 3.03. The quantitative estimate of drug-likeness (QED) is 0.810. The number of fused-ring (bicyclic) bond motifs is 2. The molecule has 2 N–H and O–H groups in total. The zero-order valence-electron chi connectivity index (χ0n) is 10.6. The average molecular weight is 256 g/mol. The molecule has 2 amide bonds. The topological polar surface area (TPSA) is 51.4 Å². The molecule has 19 heavy (non-hydrogen) atoms. The molecule has 2 fully saturated rings. The van der Waals surface area contributed by atoms with E-state index >= 15 is 0 Å². The summed E-state index contributed by atoms with van der Waals surface area (Å²) in [7, 11) is 0. The van der Waals surface area contributed by atoms with Crippen molar-refractivity contribution in [3.8, 4) is 0 Å². The summed E-state index contributed by atoms with van der Waals surface area (Å²) in [5.41, 5.74) is 2.41. The maximum Gasteiger partial charge on any atom is 0.317 e. The minimum Gasteiger partial charge on any atom is -0.366 e. The van der Waals surface area contributed by atoms with Gasteiger partial charge in [-0.2, -0.15) is 0 Å². The van der Waals surface area contributed by atoms with Gasteiger partial charge in [-0.3, -0.25) is 0 Å². The smallest absolute Gasteiger partial charge is 0.317 e. The number of carbonyl (C=O) groups is 1. The van der Waals surface area contributed by atoms with Crippen LogP contribution in [0.4, 0.5) is 10.5 Å². The van der Waals surface area contributed by atoms with Gasteiger partial charge in [0.15, 0.2) is 0 Å². The second kappa shape index (κ2) is 3.91. The molecule has 1 unspecified atom stereocenters. The molecule has 2 aliphatic rings. The normalized spacial score (nSPS) is 22.7. The van der Waals surface area contributed by atoms with E-state index in [1.165, 1.54) is 16.6 Å². The molecule has 2 aliphatic heterocycles. The van der Waals surface area contributed by atoms with Crippen molar-refractivity contribution < 1.29 is 4.79 Å². The first-order chi connectivity index (χ1) is 9.33. The maximum atomic E-state index is 11.6. The van der Waals surface area contributed by atoms with Crippen LogP contribution in [0.3, 0.4) is 0 Å². The summed E-state index contributed by atoms with van der Waals surface area (Å²) < 4.78 is 0. The maximum absolute atomic E-state index is 11.6. The predicted octanol–water partition coefficient (Wildman–Crippen LogP) is 1.38. The predicted molar refractivity (Wildman–Crippen MR) is 74.4 cm³/mol. The van der Waals surface area contributed by atoms with Crippen LogP contribution in [0, 0.1) is 0 Å². The number of anilines is 1. The molecule has 4 rings (SSSR count). The number of hydrogen-bond donors (Lipinski definition) is 2. The van der Waals surface area contributed by atoms with E-state index in [0.717, 1.165) is 26.2 Å². The van der Waals surface area contributed by atoms with Gasteiger partial charge in [-0.15, -0.1) is 0 Å². The van der Waals surface area contributed by atoms with Crippen LogP contribution in [0.1, 0.15) is 0 Å². The summed E-state index contributed by atoms with van der Waals surface area (Å²) in [5, 5.41) is 4.17. The fourth-order valence-electron chi connectivity index (χ4n) is 3.14. The van der Waals surface area contributed by atoms with E-state index in [4.69, 9.17) is 0 Å². The lowest BCUT2D eigenvalue weighted by Crippen LogP contribution is -2.52. The standard InChI is InChI=1S/C14H16N4O/c19-14-16-7-10-9-17(5-6-18(10)14)13-8-15-12-4-2-1-3-11(12)13/h1-4,8,10,15H,5-7,9H2,(H,16,19). The summed E-state index contributed by atoms with van der Waals surface area (Å²) in [6.07, 6.45) is 2.07. The molecule has 5 nitrogen and oxygen atoms in total. The molecule has 98 valence electrons. The number of amides is 2. The number of H-pyrrole nitrogens is 1. The molecule has 1 aromatic carbocycles. The van der Waals surface area contributed by atoms with Crippen LogP contribution in [0.25, 0.3) is 10.9 Å². The third-order valence-corrected chi connectivity index (χ3v) is 4.14. The highest BCUT2D eigenvalue weighted by Gasteiger charge is 2.35. The summed E-state index contributed by atoms with van der Waals surface area (Å²) in [6.45, 7) is 3.36. The molecule has 3 heterocycles. The molecule has 0 saturated carbocycles. The van der Waals surface area contributed by atoms with E-state index in [9.17, 15) is 4.79 Å². The Kier molecular flexibility index (Phi) is 2.21. The van der Waals surface area contributed by atoms with Crippen LogP contribution in [-0.2, 0) is 0 Å². The summed E-state index contributed by atoms with van der Waals surface area (Å²) >= 11 is 0. The van der Waals surface area contributed by atoms with Gasteiger partial charge < -0.3 is 20.1 Å². The molecular weight excluding hydrogens is 240 g/mol. The highest BCUT2D eigenvalue weighted by molar-refractivity contribution is 5.93. The number of benzene rings is 1. The fourth-order valence-corrected chi connectivity index (χ4v) is 3.14. The van der Waals surface area contributed by atoms with Gasteiger partial charge in [0.2, 0.25) is 0 Å². The zero-order valence-corrected chi connectivity index (χ0v) is 10.6. The molecule has 1 aromatic heterocycles. The van der Waals surface area contributed by atoms with Crippen LogP contribution >= 0.6 is 0 Å². The Morgan fingerprint density at radius 2 is 2.11 bits per heavy atom. The summed E-state index contributed by atoms with van der Waals surface area (Å²) in [6, 6.07) is 8.73. The van der Waals surface area contributed by atoms with Gasteiger partial charge in [0, 0.05) is 43.3 Å². The second-order valence-corrected chi connectivity index (χ2v) is 5.20. The first kappa shape index (κ1) is 10.7. The number of piperazine rings is 1. The van der Waals surface area contributed by atoms with E-state index in [2.05, 4.69) is 39.6 Å². The van der Waals surface area contributed by atoms with Crippen molar-refractivity contribution in [1.29, 1.82) is 0 Å². The molecule has 0 spiro atoms. The van der Waals surface area contributed by atoms with Gasteiger partial charge in [0.05, 0.1) is 11.7 Å². The lowest BCUT2D eigenvalue weighted by atomic mass is 10.1. The lowest BCUT2D eigenvalue weighted by Gasteiger charge is -2.37. The SMILES string of the molecule is O=C1NCC2CN(c3c[nH]c4ccccc34)CCN12. The molecule has 0 bridgehead atoms. The van der Waals surface area contributed by atoms with Crippen molar-refractivity contribution in [2.24, 2.45) is 0 Å². The number of nitrogens with one attached hydrogen (secondary N) is 2. The Bertz CT molecular complexity index is 635. The molecule has 1 atom stereocenters. The van der Waals surface area contributed by atoms with E-state index in [-0.39, 0.29) is 6.03 Å². The van der Waals surface area contributed by atoms with Crippen molar-refractivity contribution in [2.45, 2.75) is 6.04 Å². The largest absolute Gasteiger partial charge is 0.366 e. The molecule has 0 radical (unpaired) electrons. The first-order valence-corrected chi connectivity index (χ1v) is 6.68. The van der Waals surface area contributed by atoms with E-state index in [1.807, 2.05) is 11.0 Å². The van der Waals surface area contributed by atoms with Gasteiger partial charge in [-0.25, -0.2) is 4.79 Å². The minimum absolute atomic E-state index is 0.0866. The van der Waals surface area contributed by atoms with Gasteiger partial charge in [-0.1, -0.05) is 18.2 Å². The number of para-hydroxylation sites is 1.